The van der Waals surface area contributed by atoms with Gasteiger partial charge in [-0.3, -0.25) is 9.59 Å². The fraction of sp³-hybridized carbons (Fsp3) is 0.959. The number of phosphoric acid groups is 2. The molecule has 1 heterocycles. The van der Waals surface area contributed by atoms with Crippen LogP contribution in [0.15, 0.2) is 0 Å². The number of carbonyl (C=O) groups is 2. The molecule has 0 saturated carbocycles. The number of hydrogen-bond acceptors (Lipinski definition) is 18. The predicted octanol–water partition coefficient (Wildman–Crippen LogP) is 6.39. The summed E-state index contributed by atoms with van der Waals surface area (Å²) in [6.07, 6.45) is 20.9. The molecule has 416 valence electrons. The van der Waals surface area contributed by atoms with Gasteiger partial charge in [-0.05, 0) is 12.8 Å². The van der Waals surface area contributed by atoms with Crippen LogP contribution in [0.1, 0.15) is 194 Å². The van der Waals surface area contributed by atoms with Crippen LogP contribution in [-0.2, 0) is 46.6 Å². The molecular weight excluding hydrogens is 950 g/mol. The average Bonchev–Trinajstić information content (AvgIpc) is 3.30. The van der Waals surface area contributed by atoms with E-state index in [2.05, 4.69) is 13.8 Å². The molecule has 0 aromatic rings. The van der Waals surface area contributed by atoms with Gasteiger partial charge in [0.05, 0.1) is 33.8 Å². The second kappa shape index (κ2) is 40.5. The van der Waals surface area contributed by atoms with E-state index < -0.39 is 97.6 Å². The number of rotatable bonds is 47. The molecule has 0 radical (unpaired) electrons. The van der Waals surface area contributed by atoms with Crippen molar-refractivity contribution >= 4 is 28.3 Å². The third-order valence-corrected chi connectivity index (χ3v) is 14.1. The van der Waals surface area contributed by atoms with Crippen molar-refractivity contribution in [3.8, 4) is 0 Å². The Bertz CT molecular complexity index is 1290. The van der Waals surface area contributed by atoms with Crippen LogP contribution in [0, 0.1) is 0 Å². The number of unbranched alkanes of at least 4 members (excludes halogenated alkanes) is 24. The Balaban J connectivity index is 2.67. The maximum atomic E-state index is 13.0. The molecule has 1 fully saturated rings. The van der Waals surface area contributed by atoms with Crippen molar-refractivity contribution in [2.24, 2.45) is 5.73 Å². The van der Waals surface area contributed by atoms with Crippen LogP contribution in [0.4, 0.5) is 0 Å². The lowest BCUT2D eigenvalue weighted by atomic mass is 9.99. The first-order valence-electron chi connectivity index (χ1n) is 26.7. The average molecular weight is 1050 g/mol. The molecule has 1 aliphatic rings. The molecule has 1 aliphatic heterocycles. The van der Waals surface area contributed by atoms with E-state index in [-0.39, 0.29) is 26.1 Å². The van der Waals surface area contributed by atoms with Crippen molar-refractivity contribution < 1.29 is 86.0 Å². The van der Waals surface area contributed by atoms with E-state index in [4.69, 9.17) is 42.8 Å². The Morgan fingerprint density at radius 1 is 0.571 bits per heavy atom. The van der Waals surface area contributed by atoms with Crippen LogP contribution in [0.3, 0.4) is 0 Å². The lowest BCUT2D eigenvalue weighted by molar-refractivity contribution is -0.870. The molecular formula is C49H99N2O17P2+. The maximum Gasteiger partial charge on any atom is 0.377 e. The topological polar surface area (TPSA) is 281 Å². The highest BCUT2D eigenvalue weighted by Gasteiger charge is 2.46. The number of nitrogens with two attached hydrogens (primary N) is 1. The molecule has 0 aromatic heterocycles. The van der Waals surface area contributed by atoms with Gasteiger partial charge in [-0.25, -0.2) is 0 Å². The predicted molar refractivity (Wildman–Crippen MR) is 267 cm³/mol. The van der Waals surface area contributed by atoms with Crippen LogP contribution in [0.5, 0.6) is 0 Å². The van der Waals surface area contributed by atoms with Gasteiger partial charge in [-0.1, -0.05) is 168 Å². The van der Waals surface area contributed by atoms with E-state index in [1.807, 2.05) is 21.1 Å². The first-order chi connectivity index (χ1) is 33.3. The normalized spacial score (nSPS) is 21.2. The number of nitrogens with zero attached hydrogens (tertiary/aromatic N) is 1. The van der Waals surface area contributed by atoms with Gasteiger partial charge in [-0.2, -0.15) is 27.9 Å². The zero-order valence-corrected chi connectivity index (χ0v) is 45.6. The van der Waals surface area contributed by atoms with Gasteiger partial charge in [0.25, 0.3) is 0 Å². The van der Waals surface area contributed by atoms with E-state index >= 15 is 0 Å². The number of hydrogen-bond donors (Lipinski definition) is 6. The van der Waals surface area contributed by atoms with Crippen LogP contribution in [-0.4, -0.2) is 152 Å². The van der Waals surface area contributed by atoms with Crippen molar-refractivity contribution in [1.82, 2.24) is 0 Å². The highest BCUT2D eigenvalue weighted by molar-refractivity contribution is 7.53. The number of aliphatic hydroxyl groups excluding tert-OH is 3. The summed E-state index contributed by atoms with van der Waals surface area (Å²) in [7, 11) is -3.75. The summed E-state index contributed by atoms with van der Waals surface area (Å²) in [5.74, 6) is -0.974. The van der Waals surface area contributed by atoms with Gasteiger partial charge in [0.1, 0.15) is 64.0 Å². The van der Waals surface area contributed by atoms with Crippen molar-refractivity contribution in [3.63, 3.8) is 0 Å². The van der Waals surface area contributed by atoms with Gasteiger partial charge in [-0.15, -0.1) is 0 Å². The Morgan fingerprint density at radius 3 is 1.43 bits per heavy atom. The molecule has 0 spiro atoms. The zero-order chi connectivity index (χ0) is 52.1. The Morgan fingerprint density at radius 2 is 0.986 bits per heavy atom. The minimum absolute atomic E-state index is 0.0714. The molecule has 7 N–H and O–H groups in total. The van der Waals surface area contributed by atoms with Gasteiger partial charge in [0, 0.05) is 12.8 Å². The van der Waals surface area contributed by atoms with Gasteiger partial charge in [0.15, 0.2) is 12.4 Å². The van der Waals surface area contributed by atoms with Crippen molar-refractivity contribution in [2.75, 3.05) is 67.3 Å². The van der Waals surface area contributed by atoms with E-state index in [0.29, 0.717) is 23.9 Å². The quantitative estimate of drug-likeness (QED) is 0.0167. The monoisotopic (exact) mass is 1050 g/mol. The van der Waals surface area contributed by atoms with E-state index in [0.717, 1.165) is 38.5 Å². The van der Waals surface area contributed by atoms with Crippen LogP contribution in [0.25, 0.3) is 0 Å². The molecule has 70 heavy (non-hydrogen) atoms. The minimum atomic E-state index is -4.89. The highest BCUT2D eigenvalue weighted by Crippen LogP contribution is 2.49. The molecule has 21 heteroatoms. The zero-order valence-electron chi connectivity index (χ0n) is 43.8. The SMILES string of the molecule is CCCCCCCCCCCCCCCC(=O)OC[C@H](CO[C@H]1O[C@H](CO[P+]([O-])(O)OC[C@H](N)CO[P+]([O-])(O)OCC[N+](C)(C)C)[C@@H](O)[C@H](O)[C@H]1O)OC(=O)CCCCCCCCCCCCCCC. The van der Waals surface area contributed by atoms with Crippen LogP contribution in [0.2, 0.25) is 0 Å². The molecule has 1 rings (SSSR count). The van der Waals surface area contributed by atoms with Crippen molar-refractivity contribution in [2.45, 2.75) is 236 Å². The lowest BCUT2D eigenvalue weighted by Gasteiger charge is -2.40. The number of carbonyl (C=O) groups excluding carboxylic acids is 2. The molecule has 0 bridgehead atoms. The lowest BCUT2D eigenvalue weighted by Crippen LogP contribution is -2.59. The van der Waals surface area contributed by atoms with Crippen LogP contribution >= 0.6 is 16.3 Å². The Kier molecular flexibility index (Phi) is 38.9. The van der Waals surface area contributed by atoms with E-state index in [9.17, 15) is 44.5 Å². The largest absolute Gasteiger partial charge is 0.606 e. The Hall–Kier alpha value is -0.800. The van der Waals surface area contributed by atoms with Gasteiger partial charge < -0.3 is 54.3 Å². The second-order valence-corrected chi connectivity index (χ2v) is 23.0. The number of esters is 2. The number of phosphoric ester groups is 2. The number of likely N-dealkylation sites (N-methyl/N-ethyl adjacent to an activating group) is 1. The van der Waals surface area contributed by atoms with Crippen LogP contribution < -0.4 is 15.5 Å². The number of ether oxygens (including phenoxy) is 4. The summed E-state index contributed by atoms with van der Waals surface area (Å²) < 4.78 is 42.7. The van der Waals surface area contributed by atoms with E-state index in [1.54, 1.807) is 0 Å². The maximum absolute atomic E-state index is 13.0. The third-order valence-electron chi connectivity index (χ3n) is 12.1. The third kappa shape index (κ3) is 37.0. The summed E-state index contributed by atoms with van der Waals surface area (Å²) in [4.78, 5) is 70.8. The standard InChI is InChI=1S/C49H98N2O17P2/c1-6-8-10-12-14-16-18-20-22-24-26-28-30-32-44(52)61-38-42(67-45(53)33-31-29-27-25-23-21-19-17-15-13-11-9-7-2)39-62-49-48(56)47(55)46(54)43(68-49)40-66-70(59,60)65-37-41(50)36-64-69(57,58)63-35-34-51(3,4)5/h41-43,46-49,54-56H,6-40,50H2,1-5H3,(H-,57,58,59,60)/p+1/t41-,42-,43-,46-,47+,48-,49+/m1/s1. The first-order valence-corrected chi connectivity index (χ1v) is 29.7. The van der Waals surface area contributed by atoms with Crippen molar-refractivity contribution in [1.29, 1.82) is 0 Å². The minimum Gasteiger partial charge on any atom is -0.606 e. The molecule has 0 amide bonds. The summed E-state index contributed by atoms with van der Waals surface area (Å²) in [5, 5.41) is 32.0. The van der Waals surface area contributed by atoms with Gasteiger partial charge in [0.2, 0.25) is 0 Å². The number of aliphatic hydroxyl groups is 3. The fourth-order valence-electron chi connectivity index (χ4n) is 7.69. The molecule has 2 unspecified atom stereocenters. The summed E-state index contributed by atoms with van der Waals surface area (Å²) in [5.41, 5.74) is 5.83. The molecule has 0 aromatic carbocycles. The van der Waals surface area contributed by atoms with Crippen molar-refractivity contribution in [3.05, 3.63) is 0 Å². The second-order valence-electron chi connectivity index (χ2n) is 20.1. The summed E-state index contributed by atoms with van der Waals surface area (Å²) in [6, 6.07) is -1.16. The first kappa shape index (κ1) is 67.2. The van der Waals surface area contributed by atoms with E-state index in [1.165, 1.54) is 116 Å². The number of quaternary nitrogens is 1. The molecule has 9 atom stereocenters. The van der Waals surface area contributed by atoms with Gasteiger partial charge >= 0.3 is 28.3 Å². The molecule has 0 aliphatic carbocycles. The summed E-state index contributed by atoms with van der Waals surface area (Å²) >= 11 is 0. The highest BCUT2D eigenvalue weighted by atomic mass is 31.2. The Labute approximate surface area is 422 Å². The molecule has 1 saturated heterocycles. The fourth-order valence-corrected chi connectivity index (χ4v) is 9.24. The smallest absolute Gasteiger partial charge is 0.377 e. The molecule has 19 nitrogen and oxygen atoms in total. The summed E-state index contributed by atoms with van der Waals surface area (Å²) in [6.45, 7) is 1.98.